The zero-order valence-corrected chi connectivity index (χ0v) is 14.9. The number of benzene rings is 2. The van der Waals surface area contributed by atoms with Gasteiger partial charge in [0.1, 0.15) is 24.5 Å². The van der Waals surface area contributed by atoms with Gasteiger partial charge in [0.2, 0.25) is 0 Å². The van der Waals surface area contributed by atoms with E-state index in [2.05, 4.69) is 19.1 Å². The molecule has 0 aliphatic heterocycles. The minimum atomic E-state index is -0.294. The van der Waals surface area contributed by atoms with Crippen molar-refractivity contribution in [3.8, 4) is 0 Å². The lowest BCUT2D eigenvalue weighted by Gasteiger charge is -2.20. The van der Waals surface area contributed by atoms with Gasteiger partial charge in [0, 0.05) is 35.4 Å². The molecule has 1 aromatic heterocycles. The van der Waals surface area contributed by atoms with Crippen LogP contribution in [0.5, 0.6) is 0 Å². The number of halogens is 1. The first kappa shape index (κ1) is 17.0. The molecule has 2 aromatic carbocycles. The largest absolute Gasteiger partial charge is 0.423 e. The van der Waals surface area contributed by atoms with E-state index >= 15 is 0 Å². The Morgan fingerprint density at radius 3 is 2.46 bits per heavy atom. The predicted octanol–water partition coefficient (Wildman–Crippen LogP) is 3.24. The first-order valence-electron chi connectivity index (χ1n) is 9.27. The minimum absolute atomic E-state index is 0.208. The van der Waals surface area contributed by atoms with Crippen LogP contribution in [0.25, 0.3) is 11.0 Å². The van der Waals surface area contributed by atoms with E-state index < -0.39 is 0 Å². The molecule has 26 heavy (non-hydrogen) atoms. The summed E-state index contributed by atoms with van der Waals surface area (Å²) in [5, 5.41) is 1.01. The van der Waals surface area contributed by atoms with E-state index in [9.17, 15) is 9.18 Å². The number of aryl methyl sites for hydroxylation is 1. The Morgan fingerprint density at radius 2 is 1.77 bits per heavy atom. The molecule has 3 nitrogen and oxygen atoms in total. The SMILES string of the molecule is CCc1ccc2c(C[NH+](Cc3ccc(F)cc3)C3CC3)cc(=O)oc2c1. The van der Waals surface area contributed by atoms with Gasteiger partial charge in [-0.25, -0.2) is 9.18 Å². The number of hydrogen-bond donors (Lipinski definition) is 1. The third-order valence-corrected chi connectivity index (χ3v) is 5.22. The highest BCUT2D eigenvalue weighted by Gasteiger charge is 2.33. The normalized spacial score (nSPS) is 15.3. The van der Waals surface area contributed by atoms with Gasteiger partial charge in [-0.15, -0.1) is 0 Å². The molecule has 0 spiro atoms. The molecule has 0 bridgehead atoms. The number of nitrogens with one attached hydrogen (secondary N) is 1. The van der Waals surface area contributed by atoms with Gasteiger partial charge in [0.05, 0.1) is 6.04 Å². The van der Waals surface area contributed by atoms with E-state index in [-0.39, 0.29) is 11.4 Å². The van der Waals surface area contributed by atoms with Crippen LogP contribution in [0, 0.1) is 5.82 Å². The zero-order valence-electron chi connectivity index (χ0n) is 14.9. The molecule has 0 saturated heterocycles. The molecular formula is C22H23FNO2+. The van der Waals surface area contributed by atoms with Crippen LogP contribution in [0.1, 0.15) is 36.5 Å². The monoisotopic (exact) mass is 352 g/mol. The fourth-order valence-corrected chi connectivity index (χ4v) is 3.59. The standard InChI is InChI=1S/C22H22FNO2/c1-2-15-5-10-20-17(12-22(25)26-21(20)11-15)14-24(19-8-9-19)13-16-3-6-18(23)7-4-16/h3-7,10-12,19H,2,8-9,13-14H2,1H3/p+1. The second kappa shape index (κ2) is 7.04. The van der Waals surface area contributed by atoms with Crippen LogP contribution in [-0.4, -0.2) is 6.04 Å². The highest BCUT2D eigenvalue weighted by atomic mass is 19.1. The number of hydrogen-bond acceptors (Lipinski definition) is 2. The third kappa shape index (κ3) is 3.70. The van der Waals surface area contributed by atoms with Crippen molar-refractivity contribution in [2.75, 3.05) is 0 Å². The molecule has 134 valence electrons. The molecule has 0 radical (unpaired) electrons. The van der Waals surface area contributed by atoms with Gasteiger partial charge in [0.15, 0.2) is 0 Å². The molecule has 1 aliphatic carbocycles. The van der Waals surface area contributed by atoms with Crippen LogP contribution >= 0.6 is 0 Å². The van der Waals surface area contributed by atoms with Crippen molar-refractivity contribution in [3.63, 3.8) is 0 Å². The average Bonchev–Trinajstić information content (AvgIpc) is 3.47. The average molecular weight is 352 g/mol. The molecule has 4 heteroatoms. The summed E-state index contributed by atoms with van der Waals surface area (Å²) in [6.45, 7) is 3.69. The lowest BCUT2D eigenvalue weighted by molar-refractivity contribution is -0.938. The molecule has 3 aromatic rings. The summed E-state index contributed by atoms with van der Waals surface area (Å²) in [6, 6.07) is 15.1. The van der Waals surface area contributed by atoms with Crippen LogP contribution in [0.4, 0.5) is 4.39 Å². The Hall–Kier alpha value is -2.46. The van der Waals surface area contributed by atoms with Crippen molar-refractivity contribution in [2.24, 2.45) is 0 Å². The van der Waals surface area contributed by atoms with Gasteiger partial charge < -0.3 is 9.32 Å². The number of rotatable bonds is 6. The maximum atomic E-state index is 13.2. The van der Waals surface area contributed by atoms with Gasteiger partial charge in [-0.2, -0.15) is 0 Å². The van der Waals surface area contributed by atoms with Gasteiger partial charge in [-0.1, -0.05) is 31.2 Å². The van der Waals surface area contributed by atoms with Crippen LogP contribution in [-0.2, 0) is 19.5 Å². The Labute approximate surface area is 152 Å². The van der Waals surface area contributed by atoms with Crippen LogP contribution < -0.4 is 10.5 Å². The van der Waals surface area contributed by atoms with E-state index in [1.807, 2.05) is 18.2 Å². The van der Waals surface area contributed by atoms with Crippen molar-refractivity contribution >= 4 is 11.0 Å². The van der Waals surface area contributed by atoms with Crippen LogP contribution in [0.15, 0.2) is 57.7 Å². The highest BCUT2D eigenvalue weighted by molar-refractivity contribution is 5.80. The van der Waals surface area contributed by atoms with Crippen molar-refractivity contribution < 1.29 is 13.7 Å². The van der Waals surface area contributed by atoms with Crippen molar-refractivity contribution in [1.82, 2.24) is 0 Å². The maximum Gasteiger partial charge on any atom is 0.336 e. The van der Waals surface area contributed by atoms with Crippen LogP contribution in [0.2, 0.25) is 0 Å². The Kier molecular flexibility index (Phi) is 4.60. The van der Waals surface area contributed by atoms with Gasteiger partial charge in [0.25, 0.3) is 0 Å². The number of quaternary nitrogens is 1. The maximum absolute atomic E-state index is 13.2. The summed E-state index contributed by atoms with van der Waals surface area (Å²) >= 11 is 0. The lowest BCUT2D eigenvalue weighted by atomic mass is 10.1. The molecule has 0 amide bonds. The molecule has 1 fully saturated rings. The fourth-order valence-electron chi connectivity index (χ4n) is 3.59. The molecular weight excluding hydrogens is 329 g/mol. The van der Waals surface area contributed by atoms with E-state index in [1.54, 1.807) is 6.07 Å². The van der Waals surface area contributed by atoms with Gasteiger partial charge in [-0.3, -0.25) is 0 Å². The second-order valence-electron chi connectivity index (χ2n) is 7.19. The smallest absolute Gasteiger partial charge is 0.336 e. The quantitative estimate of drug-likeness (QED) is 0.691. The fraction of sp³-hybridized carbons (Fsp3) is 0.318. The summed E-state index contributed by atoms with van der Waals surface area (Å²) in [5.41, 5.74) is 3.69. The Bertz CT molecular complexity index is 974. The molecule has 1 N–H and O–H groups in total. The molecule has 1 unspecified atom stereocenters. The zero-order chi connectivity index (χ0) is 18.1. The first-order chi connectivity index (χ1) is 12.6. The summed E-state index contributed by atoms with van der Waals surface area (Å²) in [4.78, 5) is 13.5. The summed E-state index contributed by atoms with van der Waals surface area (Å²) < 4.78 is 18.6. The lowest BCUT2D eigenvalue weighted by Crippen LogP contribution is -3.10. The predicted molar refractivity (Wildman–Crippen MR) is 99.7 cm³/mol. The van der Waals surface area contributed by atoms with Crippen molar-refractivity contribution in [1.29, 1.82) is 0 Å². The summed E-state index contributed by atoms with van der Waals surface area (Å²) in [7, 11) is 0. The van der Waals surface area contributed by atoms with Gasteiger partial charge in [-0.05, 0) is 30.2 Å². The van der Waals surface area contributed by atoms with E-state index in [1.165, 1.54) is 29.9 Å². The molecule has 1 heterocycles. The Balaban J connectivity index is 1.65. The van der Waals surface area contributed by atoms with E-state index in [4.69, 9.17) is 4.42 Å². The summed E-state index contributed by atoms with van der Waals surface area (Å²) in [6.07, 6.45) is 3.32. The number of fused-ring (bicyclic) bond motifs is 1. The Morgan fingerprint density at radius 1 is 1.04 bits per heavy atom. The first-order valence-corrected chi connectivity index (χ1v) is 9.27. The third-order valence-electron chi connectivity index (χ3n) is 5.22. The van der Waals surface area contributed by atoms with Crippen LogP contribution in [0.3, 0.4) is 0 Å². The molecule has 1 atom stereocenters. The van der Waals surface area contributed by atoms with Crippen molar-refractivity contribution in [2.45, 2.75) is 45.3 Å². The molecule has 1 aliphatic rings. The van der Waals surface area contributed by atoms with E-state index in [0.717, 1.165) is 41.6 Å². The topological polar surface area (TPSA) is 34.7 Å². The summed E-state index contributed by atoms with van der Waals surface area (Å²) in [5.74, 6) is -0.208. The van der Waals surface area contributed by atoms with Gasteiger partial charge >= 0.3 is 5.63 Å². The highest BCUT2D eigenvalue weighted by Crippen LogP contribution is 2.21. The van der Waals surface area contributed by atoms with E-state index in [0.29, 0.717) is 11.6 Å². The van der Waals surface area contributed by atoms with Crippen molar-refractivity contribution in [3.05, 3.63) is 81.5 Å². The second-order valence-corrected chi connectivity index (χ2v) is 7.19. The molecule has 4 rings (SSSR count). The molecule has 1 saturated carbocycles. The minimum Gasteiger partial charge on any atom is -0.423 e.